The highest BCUT2D eigenvalue weighted by Gasteiger charge is 2.14. The number of aryl methyl sites for hydroxylation is 1. The van der Waals surface area contributed by atoms with Crippen LogP contribution in [0.1, 0.15) is 23.0 Å². The van der Waals surface area contributed by atoms with E-state index in [4.69, 9.17) is 19.9 Å². The van der Waals surface area contributed by atoms with Crippen LogP contribution in [0.25, 0.3) is 10.9 Å². The van der Waals surface area contributed by atoms with Gasteiger partial charge < -0.3 is 24.5 Å². The maximum absolute atomic E-state index is 11.9. The summed E-state index contributed by atoms with van der Waals surface area (Å²) in [6, 6.07) is 14.8. The van der Waals surface area contributed by atoms with Gasteiger partial charge in [0.1, 0.15) is 23.8 Å². The van der Waals surface area contributed by atoms with Gasteiger partial charge in [0, 0.05) is 11.5 Å². The SMILES string of the molecule is CCOC(=O)COc1ccc2cc(C(N)=O)n(CCOc3ccc(C)cc3)c2c1. The first-order valence-electron chi connectivity index (χ1n) is 9.39. The first kappa shape index (κ1) is 20.3. The number of nitrogens with zero attached hydrogens (tertiary/aromatic N) is 1. The van der Waals surface area contributed by atoms with E-state index in [2.05, 4.69) is 0 Å². The molecule has 0 aliphatic carbocycles. The van der Waals surface area contributed by atoms with Gasteiger partial charge in [0.25, 0.3) is 5.91 Å². The molecule has 0 aliphatic heterocycles. The Kier molecular flexibility index (Phi) is 6.39. The molecule has 0 aliphatic rings. The van der Waals surface area contributed by atoms with E-state index >= 15 is 0 Å². The lowest BCUT2D eigenvalue weighted by atomic mass is 10.2. The molecule has 0 fully saturated rings. The predicted molar refractivity (Wildman–Crippen MR) is 109 cm³/mol. The van der Waals surface area contributed by atoms with Crippen LogP contribution in [0.15, 0.2) is 48.5 Å². The average molecular weight is 396 g/mol. The summed E-state index contributed by atoms with van der Waals surface area (Å²) in [5, 5.41) is 0.845. The maximum Gasteiger partial charge on any atom is 0.344 e. The first-order chi connectivity index (χ1) is 14.0. The second-order valence-electron chi connectivity index (χ2n) is 6.52. The van der Waals surface area contributed by atoms with Crippen molar-refractivity contribution in [2.24, 2.45) is 5.73 Å². The largest absolute Gasteiger partial charge is 0.492 e. The molecule has 152 valence electrons. The van der Waals surface area contributed by atoms with Crippen LogP contribution in [-0.4, -0.2) is 36.3 Å². The van der Waals surface area contributed by atoms with Crippen LogP contribution in [0.5, 0.6) is 11.5 Å². The topological polar surface area (TPSA) is 92.8 Å². The second-order valence-corrected chi connectivity index (χ2v) is 6.52. The number of primary amides is 1. The number of hydrogen-bond donors (Lipinski definition) is 1. The van der Waals surface area contributed by atoms with E-state index in [0.717, 1.165) is 22.2 Å². The zero-order valence-electron chi connectivity index (χ0n) is 16.5. The molecule has 1 heterocycles. The summed E-state index contributed by atoms with van der Waals surface area (Å²) in [5.74, 6) is 0.296. The number of carbonyl (C=O) groups excluding carboxylic acids is 2. The molecule has 0 saturated heterocycles. The Morgan fingerprint density at radius 3 is 2.41 bits per heavy atom. The lowest BCUT2D eigenvalue weighted by Gasteiger charge is -2.12. The summed E-state index contributed by atoms with van der Waals surface area (Å²) < 4.78 is 18.0. The highest BCUT2D eigenvalue weighted by Crippen LogP contribution is 2.25. The lowest BCUT2D eigenvalue weighted by Crippen LogP contribution is -2.19. The third-order valence-electron chi connectivity index (χ3n) is 4.39. The Morgan fingerprint density at radius 1 is 1.00 bits per heavy atom. The Labute approximate surface area is 169 Å². The Hall–Kier alpha value is -3.48. The predicted octanol–water partition coefficient (Wildman–Crippen LogP) is 3.07. The van der Waals surface area contributed by atoms with E-state index in [1.807, 2.05) is 37.3 Å². The summed E-state index contributed by atoms with van der Waals surface area (Å²) in [5.41, 5.74) is 7.86. The van der Waals surface area contributed by atoms with E-state index < -0.39 is 11.9 Å². The van der Waals surface area contributed by atoms with Crippen LogP contribution in [0.2, 0.25) is 0 Å². The number of nitrogens with two attached hydrogens (primary N) is 1. The van der Waals surface area contributed by atoms with Gasteiger partial charge in [-0.25, -0.2) is 4.79 Å². The Bertz CT molecular complexity index is 1010. The molecule has 1 amide bonds. The number of esters is 1. The fraction of sp³-hybridized carbons (Fsp3) is 0.273. The molecule has 1 aromatic heterocycles. The van der Waals surface area contributed by atoms with Crippen molar-refractivity contribution in [1.82, 2.24) is 4.57 Å². The number of carbonyl (C=O) groups is 2. The second kappa shape index (κ2) is 9.14. The molecule has 2 aromatic carbocycles. The minimum atomic E-state index is -0.523. The van der Waals surface area contributed by atoms with Crippen molar-refractivity contribution in [3.05, 3.63) is 59.8 Å². The van der Waals surface area contributed by atoms with Gasteiger partial charge in [-0.2, -0.15) is 0 Å². The normalized spacial score (nSPS) is 10.7. The van der Waals surface area contributed by atoms with Crippen LogP contribution in [0, 0.1) is 6.92 Å². The summed E-state index contributed by atoms with van der Waals surface area (Å²) in [6.45, 7) is 4.65. The van der Waals surface area contributed by atoms with Crippen molar-refractivity contribution in [3.63, 3.8) is 0 Å². The van der Waals surface area contributed by atoms with Gasteiger partial charge in [-0.15, -0.1) is 0 Å². The zero-order chi connectivity index (χ0) is 20.8. The van der Waals surface area contributed by atoms with Crippen molar-refractivity contribution >= 4 is 22.8 Å². The molecule has 0 bridgehead atoms. The first-order valence-corrected chi connectivity index (χ1v) is 9.39. The number of benzene rings is 2. The summed E-state index contributed by atoms with van der Waals surface area (Å²) >= 11 is 0. The fourth-order valence-corrected chi connectivity index (χ4v) is 3.00. The van der Waals surface area contributed by atoms with Crippen LogP contribution >= 0.6 is 0 Å². The molecule has 3 rings (SSSR count). The number of hydrogen-bond acceptors (Lipinski definition) is 5. The van der Waals surface area contributed by atoms with Gasteiger partial charge in [0.15, 0.2) is 6.61 Å². The van der Waals surface area contributed by atoms with E-state index in [1.165, 1.54) is 0 Å². The van der Waals surface area contributed by atoms with Gasteiger partial charge in [-0.3, -0.25) is 4.79 Å². The van der Waals surface area contributed by atoms with Crippen molar-refractivity contribution in [2.45, 2.75) is 20.4 Å². The molecule has 2 N–H and O–H groups in total. The highest BCUT2D eigenvalue weighted by molar-refractivity contribution is 5.98. The van der Waals surface area contributed by atoms with Crippen molar-refractivity contribution in [3.8, 4) is 11.5 Å². The van der Waals surface area contributed by atoms with Crippen LogP contribution in [0.4, 0.5) is 0 Å². The number of rotatable bonds is 9. The monoisotopic (exact) mass is 396 g/mol. The Balaban J connectivity index is 1.78. The molecule has 29 heavy (non-hydrogen) atoms. The van der Waals surface area contributed by atoms with Crippen LogP contribution in [-0.2, 0) is 16.1 Å². The molecule has 0 saturated carbocycles. The molecule has 3 aromatic rings. The number of amides is 1. The maximum atomic E-state index is 11.9. The molecule has 0 unspecified atom stereocenters. The average Bonchev–Trinajstić information content (AvgIpc) is 3.06. The van der Waals surface area contributed by atoms with Gasteiger partial charge in [-0.05, 0) is 44.2 Å². The van der Waals surface area contributed by atoms with Crippen LogP contribution in [0.3, 0.4) is 0 Å². The number of ether oxygens (including phenoxy) is 3. The fourth-order valence-electron chi connectivity index (χ4n) is 3.00. The van der Waals surface area contributed by atoms with E-state index in [9.17, 15) is 9.59 Å². The third-order valence-corrected chi connectivity index (χ3v) is 4.39. The van der Waals surface area contributed by atoms with Crippen molar-refractivity contribution < 1.29 is 23.8 Å². The summed E-state index contributed by atoms with van der Waals surface area (Å²) in [4.78, 5) is 23.4. The number of fused-ring (bicyclic) bond motifs is 1. The van der Waals surface area contributed by atoms with Crippen molar-refractivity contribution in [1.29, 1.82) is 0 Å². The van der Waals surface area contributed by atoms with Gasteiger partial charge in [-0.1, -0.05) is 17.7 Å². The molecular formula is C22H24N2O5. The molecular weight excluding hydrogens is 372 g/mol. The highest BCUT2D eigenvalue weighted by atomic mass is 16.6. The number of aromatic nitrogens is 1. The molecule has 7 nitrogen and oxygen atoms in total. The standard InChI is InChI=1S/C22H24N2O5/c1-3-27-21(25)14-29-18-9-6-16-12-20(22(23)26)24(19(16)13-18)10-11-28-17-7-4-15(2)5-8-17/h4-9,12-13H,3,10-11,14H2,1-2H3,(H2,23,26). The third kappa shape index (κ3) is 5.07. The van der Waals surface area contributed by atoms with E-state index in [1.54, 1.807) is 29.7 Å². The molecule has 0 radical (unpaired) electrons. The summed E-state index contributed by atoms with van der Waals surface area (Å²) in [6.07, 6.45) is 0. The van der Waals surface area contributed by atoms with Crippen LogP contribution < -0.4 is 15.2 Å². The minimum absolute atomic E-state index is 0.181. The summed E-state index contributed by atoms with van der Waals surface area (Å²) in [7, 11) is 0. The van der Waals surface area contributed by atoms with Crippen molar-refractivity contribution in [2.75, 3.05) is 19.8 Å². The van der Waals surface area contributed by atoms with Gasteiger partial charge in [0.05, 0.1) is 18.7 Å². The van der Waals surface area contributed by atoms with Gasteiger partial charge in [0.2, 0.25) is 0 Å². The molecule has 0 atom stereocenters. The smallest absolute Gasteiger partial charge is 0.344 e. The molecule has 0 spiro atoms. The zero-order valence-corrected chi connectivity index (χ0v) is 16.5. The minimum Gasteiger partial charge on any atom is -0.492 e. The lowest BCUT2D eigenvalue weighted by molar-refractivity contribution is -0.145. The quantitative estimate of drug-likeness (QED) is 0.561. The van der Waals surface area contributed by atoms with Gasteiger partial charge >= 0.3 is 5.97 Å². The van der Waals surface area contributed by atoms with E-state index in [-0.39, 0.29) is 6.61 Å². The van der Waals surface area contributed by atoms with E-state index in [0.29, 0.717) is 31.2 Å². The Morgan fingerprint density at radius 2 is 1.72 bits per heavy atom. The molecule has 7 heteroatoms.